The largest absolute Gasteiger partial charge is 0.389 e. The molecule has 1 rings (SSSR count). The van der Waals surface area contributed by atoms with Crippen LogP contribution < -0.4 is 5.32 Å². The van der Waals surface area contributed by atoms with Gasteiger partial charge in [-0.25, -0.2) is 8.42 Å². The van der Waals surface area contributed by atoms with Crippen LogP contribution in [-0.4, -0.2) is 43.1 Å². The predicted octanol–water partition coefficient (Wildman–Crippen LogP) is 1.58. The van der Waals surface area contributed by atoms with E-state index in [0.29, 0.717) is 12.6 Å². The lowest BCUT2D eigenvalue weighted by Gasteiger charge is -2.25. The van der Waals surface area contributed by atoms with Gasteiger partial charge in [0.2, 0.25) is 10.0 Å². The Bertz CT molecular complexity index is 545. The summed E-state index contributed by atoms with van der Waals surface area (Å²) in [4.78, 5) is 0.238. The van der Waals surface area contributed by atoms with Gasteiger partial charge in [0.1, 0.15) is 0 Å². The molecular weight excluding hydrogens is 288 g/mol. The SMILES string of the molecule is CC(C)NCc1ccc(S(=O)(=O)N(C)CC(C)(C)O)cc1. The second kappa shape index (κ2) is 6.87. The number of rotatable bonds is 7. The molecule has 120 valence electrons. The number of sulfonamides is 1. The first-order valence-corrected chi connectivity index (χ1v) is 8.47. The van der Waals surface area contributed by atoms with Gasteiger partial charge in [0.25, 0.3) is 0 Å². The zero-order valence-electron chi connectivity index (χ0n) is 13.4. The first-order valence-electron chi connectivity index (χ1n) is 7.03. The molecule has 0 aliphatic carbocycles. The normalized spacial score (nSPS) is 13.1. The molecule has 0 spiro atoms. The maximum absolute atomic E-state index is 12.4. The van der Waals surface area contributed by atoms with E-state index < -0.39 is 15.6 Å². The minimum absolute atomic E-state index is 0.0476. The fourth-order valence-electron chi connectivity index (χ4n) is 1.91. The molecule has 0 aliphatic rings. The Kier molecular flexibility index (Phi) is 5.92. The van der Waals surface area contributed by atoms with Gasteiger partial charge in [-0.3, -0.25) is 0 Å². The average Bonchev–Trinajstić information content (AvgIpc) is 2.34. The van der Waals surface area contributed by atoms with Gasteiger partial charge in [0.05, 0.1) is 10.5 Å². The van der Waals surface area contributed by atoms with E-state index >= 15 is 0 Å². The second-order valence-corrected chi connectivity index (χ2v) is 8.30. The van der Waals surface area contributed by atoms with Gasteiger partial charge >= 0.3 is 0 Å². The van der Waals surface area contributed by atoms with Crippen molar-refractivity contribution in [3.8, 4) is 0 Å². The van der Waals surface area contributed by atoms with E-state index in [1.807, 2.05) is 0 Å². The van der Waals surface area contributed by atoms with Gasteiger partial charge in [-0.1, -0.05) is 26.0 Å². The van der Waals surface area contributed by atoms with Gasteiger partial charge in [-0.05, 0) is 31.5 Å². The molecule has 0 radical (unpaired) electrons. The number of likely N-dealkylation sites (N-methyl/N-ethyl adjacent to an activating group) is 1. The zero-order chi connectivity index (χ0) is 16.3. The summed E-state index contributed by atoms with van der Waals surface area (Å²) in [7, 11) is -2.09. The highest BCUT2D eigenvalue weighted by Crippen LogP contribution is 2.17. The summed E-state index contributed by atoms with van der Waals surface area (Å²) in [5.41, 5.74) is -0.0315. The quantitative estimate of drug-likeness (QED) is 0.801. The molecule has 21 heavy (non-hydrogen) atoms. The third-order valence-electron chi connectivity index (χ3n) is 2.96. The zero-order valence-corrected chi connectivity index (χ0v) is 14.2. The molecule has 0 amide bonds. The van der Waals surface area contributed by atoms with Crippen LogP contribution in [0.4, 0.5) is 0 Å². The van der Waals surface area contributed by atoms with Gasteiger partial charge in [0, 0.05) is 26.2 Å². The van der Waals surface area contributed by atoms with Crippen molar-refractivity contribution in [3.63, 3.8) is 0 Å². The Balaban J connectivity index is 2.85. The third-order valence-corrected chi connectivity index (χ3v) is 4.77. The van der Waals surface area contributed by atoms with Crippen molar-refractivity contribution in [2.75, 3.05) is 13.6 Å². The molecular formula is C15H26N2O3S. The molecule has 6 heteroatoms. The van der Waals surface area contributed by atoms with Crippen LogP contribution in [0.1, 0.15) is 33.3 Å². The lowest BCUT2D eigenvalue weighted by Crippen LogP contribution is -2.39. The summed E-state index contributed by atoms with van der Waals surface area (Å²) in [6.45, 7) is 8.04. The van der Waals surface area contributed by atoms with E-state index in [9.17, 15) is 13.5 Å². The van der Waals surface area contributed by atoms with Crippen molar-refractivity contribution >= 4 is 10.0 Å². The van der Waals surface area contributed by atoms with E-state index in [-0.39, 0.29) is 11.4 Å². The van der Waals surface area contributed by atoms with Crippen LogP contribution in [0.2, 0.25) is 0 Å². The molecule has 0 fully saturated rings. The van der Waals surface area contributed by atoms with Crippen molar-refractivity contribution in [2.45, 2.75) is 50.8 Å². The monoisotopic (exact) mass is 314 g/mol. The summed E-state index contributed by atoms with van der Waals surface area (Å²) in [5.74, 6) is 0. The Morgan fingerprint density at radius 3 is 2.19 bits per heavy atom. The van der Waals surface area contributed by atoms with Gasteiger partial charge in [-0.15, -0.1) is 0 Å². The van der Waals surface area contributed by atoms with Crippen LogP contribution in [0.3, 0.4) is 0 Å². The number of nitrogens with one attached hydrogen (secondary N) is 1. The van der Waals surface area contributed by atoms with Crippen molar-refractivity contribution in [2.24, 2.45) is 0 Å². The molecule has 1 aromatic carbocycles. The Labute approximate surface area is 128 Å². The summed E-state index contributed by atoms with van der Waals surface area (Å²) in [6.07, 6.45) is 0. The molecule has 0 atom stereocenters. The highest BCUT2D eigenvalue weighted by molar-refractivity contribution is 7.89. The summed E-state index contributed by atoms with van der Waals surface area (Å²) < 4.78 is 25.9. The summed E-state index contributed by atoms with van der Waals surface area (Å²) in [5, 5.41) is 13.0. The molecule has 2 N–H and O–H groups in total. The van der Waals surface area contributed by atoms with Crippen LogP contribution in [-0.2, 0) is 16.6 Å². The summed E-state index contributed by atoms with van der Waals surface area (Å²) >= 11 is 0. The Morgan fingerprint density at radius 1 is 1.24 bits per heavy atom. The van der Waals surface area contributed by atoms with Crippen molar-refractivity contribution in [1.82, 2.24) is 9.62 Å². The molecule has 0 aromatic heterocycles. The van der Waals surface area contributed by atoms with Crippen LogP contribution >= 0.6 is 0 Å². The van der Waals surface area contributed by atoms with E-state index in [2.05, 4.69) is 19.2 Å². The number of hydrogen-bond donors (Lipinski definition) is 2. The first-order chi connectivity index (χ1) is 9.52. The lowest BCUT2D eigenvalue weighted by atomic mass is 10.1. The fraction of sp³-hybridized carbons (Fsp3) is 0.600. The number of aliphatic hydroxyl groups is 1. The predicted molar refractivity (Wildman–Crippen MR) is 84.5 cm³/mol. The third kappa shape index (κ3) is 5.74. The van der Waals surface area contributed by atoms with Gasteiger partial charge in [-0.2, -0.15) is 4.31 Å². The maximum Gasteiger partial charge on any atom is 0.242 e. The number of nitrogens with zero attached hydrogens (tertiary/aromatic N) is 1. The molecule has 0 saturated carbocycles. The molecule has 0 aliphatic heterocycles. The van der Waals surface area contributed by atoms with E-state index in [1.165, 1.54) is 11.4 Å². The highest BCUT2D eigenvalue weighted by Gasteiger charge is 2.26. The smallest absolute Gasteiger partial charge is 0.242 e. The van der Waals surface area contributed by atoms with Gasteiger partial charge in [0.15, 0.2) is 0 Å². The Hall–Kier alpha value is -0.950. The Morgan fingerprint density at radius 2 is 1.76 bits per heavy atom. The fourth-order valence-corrected chi connectivity index (χ4v) is 3.24. The lowest BCUT2D eigenvalue weighted by molar-refractivity contribution is 0.0640. The van der Waals surface area contributed by atoms with Crippen molar-refractivity contribution in [3.05, 3.63) is 29.8 Å². The summed E-state index contributed by atoms with van der Waals surface area (Å²) in [6, 6.07) is 7.20. The first kappa shape index (κ1) is 18.1. The molecule has 0 unspecified atom stereocenters. The van der Waals surface area contributed by atoms with E-state index in [0.717, 1.165) is 5.56 Å². The highest BCUT2D eigenvalue weighted by atomic mass is 32.2. The molecule has 0 bridgehead atoms. The molecule has 0 heterocycles. The van der Waals surface area contributed by atoms with Crippen LogP contribution in [0.15, 0.2) is 29.2 Å². The molecule has 1 aromatic rings. The maximum atomic E-state index is 12.4. The number of benzene rings is 1. The average molecular weight is 314 g/mol. The van der Waals surface area contributed by atoms with Gasteiger partial charge < -0.3 is 10.4 Å². The van der Waals surface area contributed by atoms with Crippen molar-refractivity contribution < 1.29 is 13.5 Å². The number of hydrogen-bond acceptors (Lipinski definition) is 4. The van der Waals surface area contributed by atoms with E-state index in [4.69, 9.17) is 0 Å². The van der Waals surface area contributed by atoms with Crippen molar-refractivity contribution in [1.29, 1.82) is 0 Å². The van der Waals surface area contributed by atoms with Crippen LogP contribution in [0.5, 0.6) is 0 Å². The topological polar surface area (TPSA) is 69.6 Å². The van der Waals surface area contributed by atoms with Crippen LogP contribution in [0.25, 0.3) is 0 Å². The minimum Gasteiger partial charge on any atom is -0.389 e. The second-order valence-electron chi connectivity index (χ2n) is 6.25. The van der Waals surface area contributed by atoms with Crippen LogP contribution in [0, 0.1) is 0 Å². The molecule has 0 saturated heterocycles. The van der Waals surface area contributed by atoms with E-state index in [1.54, 1.807) is 38.1 Å². The molecule has 5 nitrogen and oxygen atoms in total. The minimum atomic E-state index is -3.57. The standard InChI is InChI=1S/C15H26N2O3S/c1-12(2)16-10-13-6-8-14(9-7-13)21(19,20)17(5)11-15(3,4)18/h6-9,12,16,18H,10-11H2,1-5H3.